The van der Waals surface area contributed by atoms with E-state index in [1.54, 1.807) is 0 Å². The minimum absolute atomic E-state index is 0. The first-order valence-electron chi connectivity index (χ1n) is 28.9. The van der Waals surface area contributed by atoms with Crippen LogP contribution in [0.4, 0.5) is 0 Å². The normalized spacial score (nSPS) is 8.98. The van der Waals surface area contributed by atoms with Crippen LogP contribution in [0.25, 0.3) is 12.3 Å². The molecule has 0 saturated heterocycles. The summed E-state index contributed by atoms with van der Waals surface area (Å²) in [6.45, 7) is 35.0. The van der Waals surface area contributed by atoms with Crippen LogP contribution < -0.4 is 46.0 Å². The van der Waals surface area contributed by atoms with Gasteiger partial charge in [-0.3, -0.25) is 0 Å². The Morgan fingerprint density at radius 1 is 0.140 bits per heavy atom. The van der Waals surface area contributed by atoms with Crippen molar-refractivity contribution >= 4 is 0 Å². The molecule has 0 aliphatic heterocycles. The second kappa shape index (κ2) is 51.5. The predicted molar refractivity (Wildman–Crippen MR) is 360 cm³/mol. The number of para-hydroxylation sites is 9. The third kappa shape index (κ3) is 37.1. The molecular formula is C79H93Dy3N2O9-2. The molecule has 3 radical (unpaired) electrons. The second-order valence-corrected chi connectivity index (χ2v) is 21.6. The Balaban J connectivity index is -0.000000307. The maximum Gasteiger partial charge on any atom is 3.00 e. The van der Waals surface area contributed by atoms with Crippen molar-refractivity contribution in [2.24, 2.45) is 0 Å². The van der Waals surface area contributed by atoms with E-state index in [2.05, 4.69) is 19.1 Å². The predicted octanol–water partition coefficient (Wildman–Crippen LogP) is 15.8. The Labute approximate surface area is 648 Å². The molecule has 14 heteroatoms. The van der Waals surface area contributed by atoms with Crippen molar-refractivity contribution < 1.29 is 160 Å². The molecule has 0 aromatic heterocycles. The zero-order valence-corrected chi connectivity index (χ0v) is 63.3. The van der Waals surface area contributed by atoms with Gasteiger partial charge in [-0.15, -0.1) is 51.7 Å². The summed E-state index contributed by atoms with van der Waals surface area (Å²) in [4.78, 5) is 0. The third-order valence-electron chi connectivity index (χ3n) is 13.6. The zero-order valence-electron chi connectivity index (χ0n) is 57.3. The Kier molecular flexibility index (Phi) is 53.0. The van der Waals surface area contributed by atoms with E-state index in [0.717, 1.165) is 100 Å². The molecule has 0 amide bonds. The van der Waals surface area contributed by atoms with Crippen LogP contribution in [-0.4, -0.2) is 0 Å². The molecule has 10 aromatic rings. The molecule has 0 fully saturated rings. The number of aryl methyl sites for hydroxylation is 19. The molecular weight excluding hydrogens is 1610 g/mol. The summed E-state index contributed by atoms with van der Waals surface area (Å²) in [5.41, 5.74) is 16.2. The van der Waals surface area contributed by atoms with E-state index >= 15 is 0 Å². The summed E-state index contributed by atoms with van der Waals surface area (Å²) in [6, 6.07) is 60.2. The van der Waals surface area contributed by atoms with Crippen LogP contribution in [0.5, 0.6) is 51.7 Å². The first-order chi connectivity index (χ1) is 41.3. The molecule has 0 unspecified atom stereocenters. The molecule has 0 bridgehead atoms. The molecule has 10 aromatic carbocycles. The van der Waals surface area contributed by atoms with E-state index in [4.69, 9.17) is 0 Å². The molecule has 0 spiro atoms. The van der Waals surface area contributed by atoms with Crippen LogP contribution in [0.1, 0.15) is 106 Å². The molecule has 0 aliphatic carbocycles. The van der Waals surface area contributed by atoms with Gasteiger partial charge in [-0.05, 0) is 132 Å². The standard InChI is InChI=1S/9C8H10O.C7H8.3Dy.2H2N/c9*1-6-4-3-5-7(2)8(6)9;1-7-5-3-2-4-6-7;;;;;/h9*3-5,9H,1-2H3;2-6H,1H3;;;;2*1H2/q;;;;;;;;;;3*+3;2*-1/p-9. The molecule has 4 N–H and O–H groups in total. The third-order valence-corrected chi connectivity index (χ3v) is 13.6. The van der Waals surface area contributed by atoms with E-state index in [9.17, 15) is 46.0 Å². The summed E-state index contributed by atoms with van der Waals surface area (Å²) >= 11 is 0. The first-order valence-corrected chi connectivity index (χ1v) is 28.9. The largest absolute Gasteiger partial charge is 3.00 e. The summed E-state index contributed by atoms with van der Waals surface area (Å²) in [7, 11) is 0. The summed E-state index contributed by atoms with van der Waals surface area (Å²) in [6.07, 6.45) is 0. The van der Waals surface area contributed by atoms with Gasteiger partial charge in [0.25, 0.3) is 0 Å². The molecule has 0 aliphatic rings. The van der Waals surface area contributed by atoms with Crippen molar-refractivity contribution in [2.75, 3.05) is 0 Å². The van der Waals surface area contributed by atoms with Crippen molar-refractivity contribution in [2.45, 2.75) is 132 Å². The van der Waals surface area contributed by atoms with Gasteiger partial charge in [-0.1, -0.05) is 300 Å². The number of hydrogen-bond donors (Lipinski definition) is 0. The quantitative estimate of drug-likeness (QED) is 0.139. The van der Waals surface area contributed by atoms with Crippen molar-refractivity contribution in [3.05, 3.63) is 312 Å². The molecule has 11 nitrogen and oxygen atoms in total. The fourth-order valence-electron chi connectivity index (χ4n) is 7.73. The van der Waals surface area contributed by atoms with Crippen LogP contribution in [0.3, 0.4) is 0 Å². The van der Waals surface area contributed by atoms with Crippen LogP contribution in [0.2, 0.25) is 0 Å². The number of nitrogens with two attached hydrogens (primary N) is 2. The van der Waals surface area contributed by atoms with Gasteiger partial charge < -0.3 is 58.3 Å². The van der Waals surface area contributed by atoms with E-state index in [1.807, 2.05) is 307 Å². The summed E-state index contributed by atoms with van der Waals surface area (Å²) in [5, 5.41) is 98.7. The van der Waals surface area contributed by atoms with Gasteiger partial charge >= 0.3 is 115 Å². The van der Waals surface area contributed by atoms with Crippen LogP contribution in [0, 0.1) is 246 Å². The van der Waals surface area contributed by atoms with Crippen molar-refractivity contribution in [3.8, 4) is 51.7 Å². The maximum absolute atomic E-state index is 11.0. The first kappa shape index (κ1) is 95.8. The van der Waals surface area contributed by atoms with Crippen molar-refractivity contribution in [1.82, 2.24) is 0 Å². The van der Waals surface area contributed by atoms with Gasteiger partial charge in [-0.25, -0.2) is 0 Å². The van der Waals surface area contributed by atoms with Gasteiger partial charge in [0.1, 0.15) is 0 Å². The van der Waals surface area contributed by atoms with Gasteiger partial charge in [0.15, 0.2) is 0 Å². The Bertz CT molecular complexity index is 2820. The zero-order chi connectivity index (χ0) is 66.8. The van der Waals surface area contributed by atoms with E-state index in [0.29, 0.717) is 0 Å². The number of benzene rings is 10. The van der Waals surface area contributed by atoms with Crippen molar-refractivity contribution in [1.29, 1.82) is 0 Å². The molecule has 10 rings (SSSR count). The number of rotatable bonds is 0. The van der Waals surface area contributed by atoms with Gasteiger partial charge in [0.05, 0.1) is 0 Å². The average Bonchev–Trinajstić information content (AvgIpc) is 3.55. The Hall–Kier alpha value is -5.86. The van der Waals surface area contributed by atoms with Gasteiger partial charge in [-0.2, -0.15) is 0 Å². The van der Waals surface area contributed by atoms with Crippen molar-refractivity contribution in [3.63, 3.8) is 0 Å². The Morgan fingerprint density at radius 3 is 0.280 bits per heavy atom. The van der Waals surface area contributed by atoms with Crippen LogP contribution in [0.15, 0.2) is 194 Å². The van der Waals surface area contributed by atoms with Crippen LogP contribution >= 0.6 is 0 Å². The maximum atomic E-state index is 11.0. The van der Waals surface area contributed by atoms with E-state index < -0.39 is 0 Å². The fraction of sp³-hybridized carbons (Fsp3) is 0.241. The Morgan fingerprint density at radius 2 is 0.226 bits per heavy atom. The topological polar surface area (TPSA) is 275 Å². The van der Waals surface area contributed by atoms with E-state index in [-0.39, 0.29) is 179 Å². The monoisotopic (exact) mass is 1710 g/mol. The SMILES string of the molecule is Cc1cccc(C)c1[O-].Cc1cccc(C)c1[O-].Cc1cccc(C)c1[O-].Cc1cccc(C)c1[O-].Cc1cccc(C)c1[O-].Cc1cccc(C)c1[O-].Cc1cccc(C)c1[O-].Cc1cccc(C)c1[O-].Cc1cccc(C)c1[O-].Cc1ccccc1.[Dy+3].[Dy+3].[Dy+3].[NH2-].[NH2-]. The molecule has 0 atom stereocenters. The summed E-state index contributed by atoms with van der Waals surface area (Å²) in [5.74, 6) is 1.48. The smallest absolute Gasteiger partial charge is 0.872 e. The average molecular weight is 1700 g/mol. The van der Waals surface area contributed by atoms with Gasteiger partial charge in [0, 0.05) is 0 Å². The fourth-order valence-corrected chi connectivity index (χ4v) is 7.73. The molecule has 505 valence electrons. The molecule has 0 heterocycles. The number of hydrogen-bond acceptors (Lipinski definition) is 9. The van der Waals surface area contributed by atoms with Gasteiger partial charge in [0.2, 0.25) is 0 Å². The minimum atomic E-state index is 0. The van der Waals surface area contributed by atoms with E-state index in [1.165, 1.54) is 5.56 Å². The second-order valence-electron chi connectivity index (χ2n) is 21.6. The summed E-state index contributed by atoms with van der Waals surface area (Å²) < 4.78 is 0. The molecule has 0 saturated carbocycles. The van der Waals surface area contributed by atoms with Crippen LogP contribution in [-0.2, 0) is 0 Å². The molecule has 93 heavy (non-hydrogen) atoms. The minimum Gasteiger partial charge on any atom is -0.872 e.